The number of hydrogen-bond donors (Lipinski definition) is 1. The van der Waals surface area contributed by atoms with Crippen molar-refractivity contribution in [3.05, 3.63) is 77.4 Å². The number of nitriles is 1. The summed E-state index contributed by atoms with van der Waals surface area (Å²) in [6, 6.07) is 17.0. The molecule has 0 saturated carbocycles. The van der Waals surface area contributed by atoms with Crippen LogP contribution in [0.5, 0.6) is 0 Å². The maximum Gasteiger partial charge on any atom is 0.260 e. The molecule has 1 N–H and O–H groups in total. The van der Waals surface area contributed by atoms with Crippen molar-refractivity contribution in [3.8, 4) is 28.6 Å². The van der Waals surface area contributed by atoms with E-state index in [9.17, 15) is 4.79 Å². The molecule has 0 radical (unpaired) electrons. The van der Waals surface area contributed by atoms with Crippen LogP contribution in [0.25, 0.3) is 22.5 Å². The van der Waals surface area contributed by atoms with Crippen molar-refractivity contribution in [2.24, 2.45) is 0 Å². The molecule has 0 bridgehead atoms. The Morgan fingerprint density at radius 3 is 2.67 bits per heavy atom. The van der Waals surface area contributed by atoms with Crippen molar-refractivity contribution >= 4 is 34.1 Å². The van der Waals surface area contributed by atoms with Crippen LogP contribution >= 0.6 is 23.1 Å². The van der Waals surface area contributed by atoms with E-state index in [0.29, 0.717) is 21.3 Å². The first-order valence-corrected chi connectivity index (χ1v) is 11.0. The van der Waals surface area contributed by atoms with Gasteiger partial charge in [-0.15, -0.1) is 23.1 Å². The van der Waals surface area contributed by atoms with E-state index in [-0.39, 0.29) is 5.91 Å². The van der Waals surface area contributed by atoms with Crippen LogP contribution in [0.1, 0.15) is 15.9 Å². The number of anilines is 1. The number of nitrogens with one attached hydrogen (secondary N) is 1. The second-order valence-electron chi connectivity index (χ2n) is 6.18. The molecule has 3 heterocycles. The molecule has 8 heteroatoms. The summed E-state index contributed by atoms with van der Waals surface area (Å²) in [6.45, 7) is 0. The number of aromatic nitrogens is 3. The van der Waals surface area contributed by atoms with Crippen LogP contribution in [-0.2, 0) is 0 Å². The standard InChI is InChI=1S/C22H15N5OS2/c1-29-21-17(6-3-9-24-21)20(28)27-22-26-19(13-30-22)16-5-2-4-15(10-16)18-8-7-14(11-23)12-25-18/h2-10,12-13H,1H3,(H,26,27,28). The molecule has 3 aromatic heterocycles. The Kier molecular flexibility index (Phi) is 5.84. The van der Waals surface area contributed by atoms with Crippen LogP contribution in [0.4, 0.5) is 5.13 Å². The van der Waals surface area contributed by atoms with Gasteiger partial charge < -0.3 is 0 Å². The van der Waals surface area contributed by atoms with Crippen molar-refractivity contribution in [2.75, 3.05) is 11.6 Å². The number of carbonyl (C=O) groups excluding carboxylic acids is 1. The molecular weight excluding hydrogens is 414 g/mol. The molecule has 0 fully saturated rings. The lowest BCUT2D eigenvalue weighted by Crippen LogP contribution is -2.13. The summed E-state index contributed by atoms with van der Waals surface area (Å²) in [4.78, 5) is 25.7. The number of rotatable bonds is 5. The van der Waals surface area contributed by atoms with Crippen LogP contribution < -0.4 is 5.32 Å². The Morgan fingerprint density at radius 2 is 1.93 bits per heavy atom. The van der Waals surface area contributed by atoms with Crippen molar-refractivity contribution in [1.29, 1.82) is 5.26 Å². The molecule has 0 spiro atoms. The summed E-state index contributed by atoms with van der Waals surface area (Å²) in [5, 5.41) is 14.9. The smallest absolute Gasteiger partial charge is 0.260 e. The average Bonchev–Trinajstić information content (AvgIpc) is 3.27. The molecule has 30 heavy (non-hydrogen) atoms. The quantitative estimate of drug-likeness (QED) is 0.443. The summed E-state index contributed by atoms with van der Waals surface area (Å²) >= 11 is 2.79. The monoisotopic (exact) mass is 429 g/mol. The van der Waals surface area contributed by atoms with Crippen LogP contribution in [0.15, 0.2) is 71.3 Å². The Bertz CT molecular complexity index is 1240. The largest absolute Gasteiger partial charge is 0.298 e. The molecule has 4 aromatic rings. The van der Waals surface area contributed by atoms with E-state index in [4.69, 9.17) is 5.26 Å². The van der Waals surface area contributed by atoms with Gasteiger partial charge in [0.15, 0.2) is 5.13 Å². The number of nitrogens with zero attached hydrogens (tertiary/aromatic N) is 4. The van der Waals surface area contributed by atoms with Gasteiger partial charge in [-0.1, -0.05) is 18.2 Å². The van der Waals surface area contributed by atoms with Gasteiger partial charge in [-0.3, -0.25) is 15.1 Å². The van der Waals surface area contributed by atoms with Gasteiger partial charge in [0.1, 0.15) is 11.1 Å². The summed E-state index contributed by atoms with van der Waals surface area (Å²) in [7, 11) is 0. The molecule has 0 unspecified atom stereocenters. The first-order valence-electron chi connectivity index (χ1n) is 8.91. The highest BCUT2D eigenvalue weighted by Crippen LogP contribution is 2.29. The van der Waals surface area contributed by atoms with Crippen LogP contribution in [0, 0.1) is 11.3 Å². The molecule has 1 amide bonds. The zero-order valence-corrected chi connectivity index (χ0v) is 17.5. The Morgan fingerprint density at radius 1 is 1.10 bits per heavy atom. The van der Waals surface area contributed by atoms with Gasteiger partial charge >= 0.3 is 0 Å². The molecule has 146 valence electrons. The van der Waals surface area contributed by atoms with E-state index in [1.54, 1.807) is 30.6 Å². The zero-order valence-electron chi connectivity index (χ0n) is 15.9. The Hall–Kier alpha value is -3.54. The third kappa shape index (κ3) is 4.22. The molecule has 0 atom stereocenters. The SMILES string of the molecule is CSc1ncccc1C(=O)Nc1nc(-c2cccc(-c3ccc(C#N)cn3)c2)cs1. The van der Waals surface area contributed by atoms with Crippen molar-refractivity contribution in [3.63, 3.8) is 0 Å². The minimum Gasteiger partial charge on any atom is -0.298 e. The number of benzene rings is 1. The van der Waals surface area contributed by atoms with E-state index in [0.717, 1.165) is 22.5 Å². The van der Waals surface area contributed by atoms with Gasteiger partial charge in [0.2, 0.25) is 0 Å². The van der Waals surface area contributed by atoms with Crippen molar-refractivity contribution in [1.82, 2.24) is 15.0 Å². The number of amides is 1. The van der Waals surface area contributed by atoms with Gasteiger partial charge in [-0.25, -0.2) is 9.97 Å². The number of thioether (sulfide) groups is 1. The molecular formula is C22H15N5OS2. The second kappa shape index (κ2) is 8.86. The minimum absolute atomic E-state index is 0.233. The highest BCUT2D eigenvalue weighted by atomic mass is 32.2. The van der Waals surface area contributed by atoms with E-state index < -0.39 is 0 Å². The highest BCUT2D eigenvalue weighted by molar-refractivity contribution is 7.98. The lowest BCUT2D eigenvalue weighted by Gasteiger charge is -2.05. The van der Waals surface area contributed by atoms with E-state index in [1.165, 1.54) is 23.1 Å². The number of hydrogen-bond acceptors (Lipinski definition) is 7. The first kappa shape index (κ1) is 19.8. The van der Waals surface area contributed by atoms with Gasteiger partial charge in [-0.2, -0.15) is 5.26 Å². The topological polar surface area (TPSA) is 91.6 Å². The zero-order chi connectivity index (χ0) is 20.9. The summed E-state index contributed by atoms with van der Waals surface area (Å²) < 4.78 is 0. The van der Waals surface area contributed by atoms with Crippen LogP contribution in [-0.4, -0.2) is 27.1 Å². The van der Waals surface area contributed by atoms with Gasteiger partial charge in [0.25, 0.3) is 5.91 Å². The lowest BCUT2D eigenvalue weighted by molar-refractivity contribution is 0.102. The van der Waals surface area contributed by atoms with Gasteiger partial charge in [-0.05, 0) is 36.6 Å². The molecule has 0 saturated heterocycles. The fourth-order valence-corrected chi connectivity index (χ4v) is 4.08. The predicted molar refractivity (Wildman–Crippen MR) is 119 cm³/mol. The Labute approximate surface area is 181 Å². The normalized spacial score (nSPS) is 10.4. The number of carbonyl (C=O) groups is 1. The fraction of sp³-hybridized carbons (Fsp3) is 0.0455. The molecule has 6 nitrogen and oxygen atoms in total. The molecule has 0 aliphatic rings. The third-order valence-corrected chi connectivity index (χ3v) is 5.75. The fourth-order valence-electron chi connectivity index (χ4n) is 2.82. The first-order chi connectivity index (χ1) is 14.7. The van der Waals surface area contributed by atoms with E-state index >= 15 is 0 Å². The van der Waals surface area contributed by atoms with E-state index in [2.05, 4.69) is 26.3 Å². The maximum atomic E-state index is 12.6. The van der Waals surface area contributed by atoms with Crippen LogP contribution in [0.2, 0.25) is 0 Å². The molecule has 4 rings (SSSR count). The second-order valence-corrected chi connectivity index (χ2v) is 7.83. The van der Waals surface area contributed by atoms with Crippen molar-refractivity contribution in [2.45, 2.75) is 5.03 Å². The molecule has 0 aliphatic heterocycles. The average molecular weight is 430 g/mol. The maximum absolute atomic E-state index is 12.6. The predicted octanol–water partition coefficient (Wildman–Crippen LogP) is 5.11. The number of pyridine rings is 2. The lowest BCUT2D eigenvalue weighted by atomic mass is 10.1. The van der Waals surface area contributed by atoms with Gasteiger partial charge in [0, 0.05) is 28.9 Å². The molecule has 1 aromatic carbocycles. The van der Waals surface area contributed by atoms with E-state index in [1.807, 2.05) is 42.0 Å². The van der Waals surface area contributed by atoms with Gasteiger partial charge in [0.05, 0.1) is 22.5 Å². The summed E-state index contributed by atoms with van der Waals surface area (Å²) in [6.07, 6.45) is 5.11. The summed E-state index contributed by atoms with van der Waals surface area (Å²) in [5.41, 5.74) is 4.43. The van der Waals surface area contributed by atoms with Crippen LogP contribution in [0.3, 0.4) is 0 Å². The van der Waals surface area contributed by atoms with Crippen molar-refractivity contribution < 1.29 is 4.79 Å². The Balaban J connectivity index is 1.55. The third-order valence-electron chi connectivity index (χ3n) is 4.28. The number of thiazole rings is 1. The molecule has 0 aliphatic carbocycles. The minimum atomic E-state index is -0.233. The highest BCUT2D eigenvalue weighted by Gasteiger charge is 2.14. The summed E-state index contributed by atoms with van der Waals surface area (Å²) in [5.74, 6) is -0.233.